The quantitative estimate of drug-likeness (QED) is 0.367. The molecule has 0 spiro atoms. The highest BCUT2D eigenvalue weighted by Crippen LogP contribution is 2.28. The smallest absolute Gasteiger partial charge is 0.224 e. The fourth-order valence-electron chi connectivity index (χ4n) is 3.23. The van der Waals surface area contributed by atoms with Gasteiger partial charge in [-0.3, -0.25) is 9.48 Å². The molecule has 0 saturated carbocycles. The maximum atomic E-state index is 12.5. The number of aryl methyl sites for hydroxylation is 3. The Morgan fingerprint density at radius 2 is 2.03 bits per heavy atom. The molecule has 0 unspecified atom stereocenters. The summed E-state index contributed by atoms with van der Waals surface area (Å²) in [5, 5.41) is 16.0. The normalized spacial score (nSPS) is 10.9. The molecular weight excluding hydrogens is 430 g/mol. The molecule has 4 rings (SSSR count). The van der Waals surface area contributed by atoms with E-state index in [-0.39, 0.29) is 5.91 Å². The van der Waals surface area contributed by atoms with Gasteiger partial charge in [0, 0.05) is 30.6 Å². The summed E-state index contributed by atoms with van der Waals surface area (Å²) in [6.45, 7) is 0.700. The molecule has 0 aliphatic rings. The van der Waals surface area contributed by atoms with Crippen LogP contribution in [0.2, 0.25) is 5.02 Å². The lowest BCUT2D eigenvalue weighted by molar-refractivity contribution is -0.116. The Labute approximate surface area is 189 Å². The number of hydrogen-bond acceptors (Lipinski definition) is 5. The van der Waals surface area contributed by atoms with Crippen LogP contribution in [0.25, 0.3) is 11.1 Å². The number of rotatable bonds is 8. The fraction of sp³-hybridized carbons (Fsp3) is 0.174. The molecule has 0 radical (unpaired) electrons. The van der Waals surface area contributed by atoms with Crippen molar-refractivity contribution in [1.82, 2.24) is 15.0 Å². The van der Waals surface area contributed by atoms with Gasteiger partial charge in [0.05, 0.1) is 17.1 Å². The lowest BCUT2D eigenvalue weighted by Crippen LogP contribution is -2.13. The van der Waals surface area contributed by atoms with Gasteiger partial charge in [-0.15, -0.1) is 5.10 Å². The second kappa shape index (κ2) is 9.76. The topological polar surface area (TPSA) is 85.8 Å². The van der Waals surface area contributed by atoms with Gasteiger partial charge < -0.3 is 11.1 Å². The molecular formula is C23H22ClN5OS. The van der Waals surface area contributed by atoms with Crippen LogP contribution in [0.3, 0.4) is 0 Å². The number of nitrogens with two attached hydrogens (primary N) is 1. The van der Waals surface area contributed by atoms with Crippen molar-refractivity contribution in [2.45, 2.75) is 25.8 Å². The van der Waals surface area contributed by atoms with E-state index in [1.165, 1.54) is 0 Å². The van der Waals surface area contributed by atoms with Crippen LogP contribution in [-0.2, 0) is 24.2 Å². The van der Waals surface area contributed by atoms with Crippen molar-refractivity contribution in [3.63, 3.8) is 0 Å². The molecule has 0 aliphatic carbocycles. The third-order valence-electron chi connectivity index (χ3n) is 4.89. The summed E-state index contributed by atoms with van der Waals surface area (Å²) in [5.74, 6) is -0.109. The van der Waals surface area contributed by atoms with E-state index in [9.17, 15) is 4.79 Å². The first-order chi connectivity index (χ1) is 15.1. The maximum Gasteiger partial charge on any atom is 0.224 e. The van der Waals surface area contributed by atoms with Gasteiger partial charge in [0.1, 0.15) is 0 Å². The number of nitrogen functional groups attached to an aromatic ring is 1. The molecule has 8 heteroatoms. The highest BCUT2D eigenvalue weighted by Gasteiger charge is 2.10. The van der Waals surface area contributed by atoms with Crippen LogP contribution in [0, 0.1) is 0 Å². The second-order valence-electron chi connectivity index (χ2n) is 7.22. The summed E-state index contributed by atoms with van der Waals surface area (Å²) in [4.78, 5) is 12.5. The van der Waals surface area contributed by atoms with E-state index in [1.807, 2.05) is 60.1 Å². The van der Waals surface area contributed by atoms with Gasteiger partial charge in [0.2, 0.25) is 5.91 Å². The summed E-state index contributed by atoms with van der Waals surface area (Å²) in [5.41, 5.74) is 11.3. The standard InChI is InChI=1S/C23H22ClN5OS/c24-19-3-1-2-16(12-19)8-10-29-14-20(27-28-29)5-7-23(30)26-22-13-17(4-6-21(22)25)18-9-11-31-15-18/h1-4,6,9,11-15H,5,7-8,10,25H2,(H,26,30). The Hall–Kier alpha value is -3.16. The number of hydrogen-bond donors (Lipinski definition) is 2. The molecule has 3 N–H and O–H groups in total. The molecule has 0 fully saturated rings. The third-order valence-corrected chi connectivity index (χ3v) is 5.81. The molecule has 2 heterocycles. The first kappa shape index (κ1) is 21.1. The summed E-state index contributed by atoms with van der Waals surface area (Å²) in [7, 11) is 0. The van der Waals surface area contributed by atoms with E-state index < -0.39 is 0 Å². The van der Waals surface area contributed by atoms with Crippen LogP contribution in [0.1, 0.15) is 17.7 Å². The van der Waals surface area contributed by atoms with Crippen LogP contribution in [0.15, 0.2) is 65.5 Å². The minimum absolute atomic E-state index is 0.109. The average molecular weight is 452 g/mol. The van der Waals surface area contributed by atoms with E-state index in [1.54, 1.807) is 16.0 Å². The second-order valence-corrected chi connectivity index (χ2v) is 8.43. The zero-order chi connectivity index (χ0) is 21.6. The van der Waals surface area contributed by atoms with Crippen molar-refractivity contribution < 1.29 is 4.79 Å². The largest absolute Gasteiger partial charge is 0.397 e. The van der Waals surface area contributed by atoms with Crippen molar-refractivity contribution in [1.29, 1.82) is 0 Å². The van der Waals surface area contributed by atoms with Crippen LogP contribution in [-0.4, -0.2) is 20.9 Å². The number of benzene rings is 2. The van der Waals surface area contributed by atoms with Crippen molar-refractivity contribution in [2.24, 2.45) is 0 Å². The minimum atomic E-state index is -0.109. The highest BCUT2D eigenvalue weighted by molar-refractivity contribution is 7.08. The van der Waals surface area contributed by atoms with Crippen molar-refractivity contribution >= 4 is 40.2 Å². The fourth-order valence-corrected chi connectivity index (χ4v) is 4.10. The summed E-state index contributed by atoms with van der Waals surface area (Å²) < 4.78 is 1.79. The number of thiophene rings is 1. The SMILES string of the molecule is Nc1ccc(-c2ccsc2)cc1NC(=O)CCc1cn(CCc2cccc(Cl)c2)nn1. The number of carbonyl (C=O) groups excluding carboxylic acids is 1. The lowest BCUT2D eigenvalue weighted by Gasteiger charge is -2.10. The molecule has 0 bridgehead atoms. The molecule has 1 amide bonds. The van der Waals surface area contributed by atoms with E-state index in [0.717, 1.165) is 33.8 Å². The highest BCUT2D eigenvalue weighted by atomic mass is 35.5. The van der Waals surface area contributed by atoms with Crippen LogP contribution >= 0.6 is 22.9 Å². The van der Waals surface area contributed by atoms with Crippen LogP contribution < -0.4 is 11.1 Å². The molecule has 2 aromatic carbocycles. The van der Waals surface area contributed by atoms with Gasteiger partial charge in [-0.1, -0.05) is 35.0 Å². The Morgan fingerprint density at radius 3 is 2.84 bits per heavy atom. The van der Waals surface area contributed by atoms with E-state index in [0.29, 0.717) is 30.8 Å². The lowest BCUT2D eigenvalue weighted by atomic mass is 10.1. The van der Waals surface area contributed by atoms with Crippen molar-refractivity contribution in [3.8, 4) is 11.1 Å². The van der Waals surface area contributed by atoms with Gasteiger partial charge in [0.25, 0.3) is 0 Å². The van der Waals surface area contributed by atoms with Gasteiger partial charge in [-0.2, -0.15) is 11.3 Å². The molecule has 2 aromatic heterocycles. The monoisotopic (exact) mass is 451 g/mol. The summed E-state index contributed by atoms with van der Waals surface area (Å²) in [6, 6.07) is 15.5. The first-order valence-electron chi connectivity index (χ1n) is 9.92. The minimum Gasteiger partial charge on any atom is -0.397 e. The zero-order valence-corrected chi connectivity index (χ0v) is 18.4. The van der Waals surface area contributed by atoms with Crippen molar-refractivity contribution in [3.05, 3.63) is 81.8 Å². The first-order valence-corrected chi connectivity index (χ1v) is 11.2. The maximum absolute atomic E-state index is 12.5. The number of carbonyl (C=O) groups is 1. The Morgan fingerprint density at radius 1 is 1.13 bits per heavy atom. The third kappa shape index (κ3) is 5.71. The van der Waals surface area contributed by atoms with Gasteiger partial charge >= 0.3 is 0 Å². The van der Waals surface area contributed by atoms with Gasteiger partial charge in [-0.25, -0.2) is 0 Å². The number of amides is 1. The number of nitrogens with one attached hydrogen (secondary N) is 1. The Bertz CT molecular complexity index is 1170. The van der Waals surface area contributed by atoms with E-state index in [4.69, 9.17) is 17.3 Å². The van der Waals surface area contributed by atoms with E-state index in [2.05, 4.69) is 21.0 Å². The average Bonchev–Trinajstić information content (AvgIpc) is 3.45. The summed E-state index contributed by atoms with van der Waals surface area (Å²) >= 11 is 7.65. The predicted molar refractivity (Wildman–Crippen MR) is 126 cm³/mol. The number of anilines is 2. The predicted octanol–water partition coefficient (Wildman–Crippen LogP) is 5.06. The molecule has 0 saturated heterocycles. The number of aromatic nitrogens is 3. The van der Waals surface area contributed by atoms with Gasteiger partial charge in [0.15, 0.2) is 0 Å². The number of nitrogens with zero attached hydrogens (tertiary/aromatic N) is 3. The zero-order valence-electron chi connectivity index (χ0n) is 16.8. The molecule has 0 aliphatic heterocycles. The molecule has 0 atom stereocenters. The molecule has 31 heavy (non-hydrogen) atoms. The molecule has 158 valence electrons. The van der Waals surface area contributed by atoms with Crippen LogP contribution in [0.4, 0.5) is 11.4 Å². The number of halogens is 1. The Balaban J connectivity index is 1.30. The van der Waals surface area contributed by atoms with Crippen molar-refractivity contribution in [2.75, 3.05) is 11.1 Å². The molecule has 4 aromatic rings. The molecule has 6 nitrogen and oxygen atoms in total. The summed E-state index contributed by atoms with van der Waals surface area (Å²) in [6.07, 6.45) is 3.50. The van der Waals surface area contributed by atoms with Crippen LogP contribution in [0.5, 0.6) is 0 Å². The Kier molecular flexibility index (Phi) is 6.64. The van der Waals surface area contributed by atoms with E-state index >= 15 is 0 Å². The van der Waals surface area contributed by atoms with Gasteiger partial charge in [-0.05, 0) is 64.2 Å².